The Kier molecular flexibility index (Phi) is 3.26. The Bertz CT molecular complexity index is 677. The molecule has 0 radical (unpaired) electrons. The molecule has 0 fully saturated rings. The number of urea groups is 1. The zero-order chi connectivity index (χ0) is 14.8. The largest absolute Gasteiger partial charge is 0.480 e. The highest BCUT2D eigenvalue weighted by Gasteiger charge is 2.22. The summed E-state index contributed by atoms with van der Waals surface area (Å²) >= 11 is 0. The molecule has 0 aliphatic carbocycles. The Balaban J connectivity index is 1.62. The van der Waals surface area contributed by atoms with Crippen LogP contribution >= 0.6 is 0 Å². The summed E-state index contributed by atoms with van der Waals surface area (Å²) < 4.78 is 3.14. The van der Waals surface area contributed by atoms with Crippen LogP contribution < -0.4 is 5.32 Å². The summed E-state index contributed by atoms with van der Waals surface area (Å²) in [6, 6.07) is -0.279. The van der Waals surface area contributed by atoms with Gasteiger partial charge in [0.2, 0.25) is 0 Å². The van der Waals surface area contributed by atoms with Gasteiger partial charge in [-0.2, -0.15) is 5.10 Å². The van der Waals surface area contributed by atoms with Gasteiger partial charge in [0, 0.05) is 19.3 Å². The standard InChI is InChI=1S/C11H13N7O3/c19-10(20)6-18-4-8(3-13-18)14-11(21)16-1-2-17-7-12-15-9(17)5-16/h3-4,7H,1-2,5-6H2,(H,14,21)(H,19,20). The summed E-state index contributed by atoms with van der Waals surface area (Å²) in [5, 5.41) is 22.9. The van der Waals surface area contributed by atoms with Crippen molar-refractivity contribution < 1.29 is 14.7 Å². The van der Waals surface area contributed by atoms with E-state index in [0.29, 0.717) is 25.3 Å². The highest BCUT2D eigenvalue weighted by molar-refractivity contribution is 5.89. The predicted octanol–water partition coefficient (Wildman–Crippen LogP) is -0.393. The fourth-order valence-electron chi connectivity index (χ4n) is 2.10. The van der Waals surface area contributed by atoms with Crippen LogP contribution in [0.5, 0.6) is 0 Å². The van der Waals surface area contributed by atoms with Crippen molar-refractivity contribution in [3.05, 3.63) is 24.5 Å². The van der Waals surface area contributed by atoms with Crippen LogP contribution in [0.3, 0.4) is 0 Å². The van der Waals surface area contributed by atoms with Crippen molar-refractivity contribution >= 4 is 17.7 Å². The number of aliphatic carboxylic acids is 1. The molecule has 0 aromatic carbocycles. The number of rotatable bonds is 3. The van der Waals surface area contributed by atoms with E-state index in [-0.39, 0.29) is 12.6 Å². The number of anilines is 1. The van der Waals surface area contributed by atoms with Gasteiger partial charge in [-0.25, -0.2) is 4.79 Å². The first kappa shape index (κ1) is 13.1. The van der Waals surface area contributed by atoms with Crippen molar-refractivity contribution in [2.75, 3.05) is 11.9 Å². The number of carboxylic acids is 1. The quantitative estimate of drug-likeness (QED) is 0.795. The maximum absolute atomic E-state index is 12.1. The van der Waals surface area contributed by atoms with E-state index in [1.165, 1.54) is 17.1 Å². The molecule has 2 N–H and O–H groups in total. The minimum atomic E-state index is -0.994. The van der Waals surface area contributed by atoms with Gasteiger partial charge in [-0.1, -0.05) is 0 Å². The normalized spacial score (nSPS) is 13.8. The second-order valence-corrected chi connectivity index (χ2v) is 4.61. The molecule has 0 saturated carbocycles. The molecule has 2 aromatic heterocycles. The Hall–Kier alpha value is -2.91. The zero-order valence-electron chi connectivity index (χ0n) is 11.0. The lowest BCUT2D eigenvalue weighted by Crippen LogP contribution is -2.40. The fraction of sp³-hybridized carbons (Fsp3) is 0.364. The molecular formula is C11H13N7O3. The van der Waals surface area contributed by atoms with E-state index in [1.54, 1.807) is 11.2 Å². The molecule has 0 saturated heterocycles. The van der Waals surface area contributed by atoms with E-state index >= 15 is 0 Å². The van der Waals surface area contributed by atoms with E-state index in [9.17, 15) is 9.59 Å². The maximum atomic E-state index is 12.1. The van der Waals surface area contributed by atoms with Crippen LogP contribution in [0.4, 0.5) is 10.5 Å². The number of hydrogen-bond acceptors (Lipinski definition) is 5. The van der Waals surface area contributed by atoms with Gasteiger partial charge in [0.05, 0.1) is 18.4 Å². The third kappa shape index (κ3) is 2.83. The van der Waals surface area contributed by atoms with Crippen molar-refractivity contribution in [2.45, 2.75) is 19.6 Å². The van der Waals surface area contributed by atoms with Crippen molar-refractivity contribution in [3.8, 4) is 0 Å². The second-order valence-electron chi connectivity index (χ2n) is 4.61. The van der Waals surface area contributed by atoms with Crippen LogP contribution in [0.2, 0.25) is 0 Å². The summed E-state index contributed by atoms with van der Waals surface area (Å²) in [6.45, 7) is 1.34. The van der Waals surface area contributed by atoms with Crippen molar-refractivity contribution in [3.63, 3.8) is 0 Å². The van der Waals surface area contributed by atoms with Gasteiger partial charge >= 0.3 is 12.0 Å². The van der Waals surface area contributed by atoms with Gasteiger partial charge in [-0.3, -0.25) is 9.48 Å². The first-order valence-corrected chi connectivity index (χ1v) is 6.28. The number of fused-ring (bicyclic) bond motifs is 1. The number of carbonyl (C=O) groups is 2. The van der Waals surface area contributed by atoms with Crippen LogP contribution in [0.15, 0.2) is 18.7 Å². The minimum Gasteiger partial charge on any atom is -0.480 e. The van der Waals surface area contributed by atoms with E-state index in [2.05, 4.69) is 20.6 Å². The average Bonchev–Trinajstić information content (AvgIpc) is 3.06. The Morgan fingerprint density at radius 3 is 3.05 bits per heavy atom. The molecule has 2 amide bonds. The number of nitrogens with zero attached hydrogens (tertiary/aromatic N) is 6. The van der Waals surface area contributed by atoms with E-state index in [1.807, 2.05) is 4.57 Å². The van der Waals surface area contributed by atoms with Gasteiger partial charge in [0.25, 0.3) is 0 Å². The van der Waals surface area contributed by atoms with Crippen molar-refractivity contribution in [1.82, 2.24) is 29.4 Å². The number of aromatic nitrogens is 5. The minimum absolute atomic E-state index is 0.247. The monoisotopic (exact) mass is 291 g/mol. The molecule has 2 aromatic rings. The molecule has 10 heteroatoms. The molecule has 0 atom stereocenters. The number of nitrogens with one attached hydrogen (secondary N) is 1. The summed E-state index contributed by atoms with van der Waals surface area (Å²) in [6.07, 6.45) is 4.52. The predicted molar refractivity (Wildman–Crippen MR) is 69.3 cm³/mol. The molecule has 0 unspecified atom stereocenters. The Labute approximate surface area is 119 Å². The molecule has 3 rings (SSSR count). The van der Waals surface area contributed by atoms with Crippen LogP contribution in [0.1, 0.15) is 5.82 Å². The average molecular weight is 291 g/mol. The number of amides is 2. The lowest BCUT2D eigenvalue weighted by atomic mass is 10.4. The molecule has 10 nitrogen and oxygen atoms in total. The number of hydrogen-bond donors (Lipinski definition) is 2. The van der Waals surface area contributed by atoms with E-state index in [4.69, 9.17) is 5.11 Å². The lowest BCUT2D eigenvalue weighted by molar-refractivity contribution is -0.137. The molecule has 21 heavy (non-hydrogen) atoms. The van der Waals surface area contributed by atoms with Crippen LogP contribution in [0.25, 0.3) is 0 Å². The van der Waals surface area contributed by atoms with Gasteiger partial charge in [0.15, 0.2) is 5.82 Å². The SMILES string of the molecule is O=C(O)Cn1cc(NC(=O)N2CCn3cnnc3C2)cn1. The summed E-state index contributed by atoms with van der Waals surface area (Å²) in [5.41, 5.74) is 0.452. The van der Waals surface area contributed by atoms with Crippen molar-refractivity contribution in [1.29, 1.82) is 0 Å². The van der Waals surface area contributed by atoms with Crippen molar-refractivity contribution in [2.24, 2.45) is 0 Å². The smallest absolute Gasteiger partial charge is 0.325 e. The Morgan fingerprint density at radius 2 is 2.24 bits per heavy atom. The first-order chi connectivity index (χ1) is 10.1. The molecule has 1 aliphatic heterocycles. The fourth-order valence-corrected chi connectivity index (χ4v) is 2.10. The molecule has 1 aliphatic rings. The zero-order valence-corrected chi connectivity index (χ0v) is 11.0. The third-order valence-corrected chi connectivity index (χ3v) is 3.11. The van der Waals surface area contributed by atoms with Crippen LogP contribution in [0, 0.1) is 0 Å². The lowest BCUT2D eigenvalue weighted by Gasteiger charge is -2.26. The summed E-state index contributed by atoms with van der Waals surface area (Å²) in [5.74, 6) is -0.260. The Morgan fingerprint density at radius 1 is 1.38 bits per heavy atom. The summed E-state index contributed by atoms with van der Waals surface area (Å²) in [7, 11) is 0. The van der Waals surface area contributed by atoms with E-state index in [0.717, 1.165) is 5.82 Å². The first-order valence-electron chi connectivity index (χ1n) is 6.28. The van der Waals surface area contributed by atoms with Gasteiger partial charge in [-0.05, 0) is 0 Å². The summed E-state index contributed by atoms with van der Waals surface area (Å²) in [4.78, 5) is 24.3. The van der Waals surface area contributed by atoms with E-state index < -0.39 is 5.97 Å². The third-order valence-electron chi connectivity index (χ3n) is 3.11. The van der Waals surface area contributed by atoms with Crippen LogP contribution in [-0.2, 0) is 24.4 Å². The van der Waals surface area contributed by atoms with Gasteiger partial charge in [-0.15, -0.1) is 10.2 Å². The topological polar surface area (TPSA) is 118 Å². The molecule has 0 spiro atoms. The molecule has 0 bridgehead atoms. The molecule has 110 valence electrons. The highest BCUT2D eigenvalue weighted by atomic mass is 16.4. The second kappa shape index (κ2) is 5.23. The molecule has 3 heterocycles. The number of carbonyl (C=O) groups excluding carboxylic acids is 1. The van der Waals surface area contributed by atoms with Gasteiger partial charge in [0.1, 0.15) is 12.9 Å². The maximum Gasteiger partial charge on any atom is 0.325 e. The highest BCUT2D eigenvalue weighted by Crippen LogP contribution is 2.12. The molecular weight excluding hydrogens is 278 g/mol. The van der Waals surface area contributed by atoms with Gasteiger partial charge < -0.3 is 19.9 Å². The van der Waals surface area contributed by atoms with Crippen LogP contribution in [-0.4, -0.2) is 53.1 Å². The number of carboxylic acid groups (broad SMARTS) is 1.